The van der Waals surface area contributed by atoms with Gasteiger partial charge in [-0.15, -0.1) is 0 Å². The Labute approximate surface area is 151 Å². The second-order valence-electron chi connectivity index (χ2n) is 7.03. The van der Waals surface area contributed by atoms with E-state index in [1.54, 1.807) is 34.8 Å². The minimum absolute atomic E-state index is 0.00117. The topological polar surface area (TPSA) is 76.3 Å². The number of aromatic nitrogens is 4. The van der Waals surface area contributed by atoms with Gasteiger partial charge >= 0.3 is 0 Å². The van der Waals surface area contributed by atoms with E-state index in [-0.39, 0.29) is 11.1 Å². The first kappa shape index (κ1) is 17.0. The van der Waals surface area contributed by atoms with E-state index in [0.717, 1.165) is 63.2 Å². The Balaban J connectivity index is 1.35. The van der Waals surface area contributed by atoms with Gasteiger partial charge in [0, 0.05) is 58.2 Å². The van der Waals surface area contributed by atoms with E-state index in [9.17, 15) is 9.59 Å². The Bertz CT molecular complexity index is 911. The van der Waals surface area contributed by atoms with Crippen molar-refractivity contribution >= 4 is 5.82 Å². The third-order valence-corrected chi connectivity index (χ3v) is 5.32. The summed E-state index contributed by atoms with van der Waals surface area (Å²) in [6.45, 7) is 4.62. The lowest BCUT2D eigenvalue weighted by Gasteiger charge is -2.35. The van der Waals surface area contributed by atoms with Crippen LogP contribution in [0.15, 0.2) is 28.0 Å². The fraction of sp³-hybridized carbons (Fsp3) is 0.556. The van der Waals surface area contributed by atoms with Crippen LogP contribution >= 0.6 is 0 Å². The number of aryl methyl sites for hydroxylation is 3. The highest BCUT2D eigenvalue weighted by Crippen LogP contribution is 2.17. The van der Waals surface area contributed by atoms with Crippen molar-refractivity contribution in [3.05, 3.63) is 50.4 Å². The van der Waals surface area contributed by atoms with Crippen LogP contribution in [0.5, 0.6) is 0 Å². The molecule has 0 unspecified atom stereocenters. The molecule has 1 saturated heterocycles. The molecule has 0 atom stereocenters. The summed E-state index contributed by atoms with van der Waals surface area (Å²) in [5, 5.41) is 4.53. The van der Waals surface area contributed by atoms with Crippen LogP contribution in [-0.4, -0.2) is 57.0 Å². The van der Waals surface area contributed by atoms with Gasteiger partial charge in [0.05, 0.1) is 12.2 Å². The van der Waals surface area contributed by atoms with E-state index in [4.69, 9.17) is 0 Å². The van der Waals surface area contributed by atoms with Crippen molar-refractivity contribution in [1.29, 1.82) is 0 Å². The maximum absolute atomic E-state index is 12.2. The van der Waals surface area contributed by atoms with Gasteiger partial charge in [-0.3, -0.25) is 14.5 Å². The van der Waals surface area contributed by atoms with Gasteiger partial charge in [0.1, 0.15) is 0 Å². The van der Waals surface area contributed by atoms with Crippen LogP contribution in [0.2, 0.25) is 0 Å². The Morgan fingerprint density at radius 2 is 1.88 bits per heavy atom. The third kappa shape index (κ3) is 3.29. The summed E-state index contributed by atoms with van der Waals surface area (Å²) >= 11 is 0. The standard InChI is InChI=1S/C18H24N6O2/c1-21-6-5-19-17(18(21)26)23-10-7-22(8-11-23)9-12-24-16(25)13-14-3-2-4-15(14)20-24/h5-6,13H,2-4,7-12H2,1H3. The Hall–Kier alpha value is -2.48. The molecule has 2 aliphatic rings. The molecule has 3 heterocycles. The number of rotatable bonds is 4. The average Bonchev–Trinajstić information content (AvgIpc) is 3.09. The van der Waals surface area contributed by atoms with E-state index in [1.165, 1.54) is 0 Å². The summed E-state index contributed by atoms with van der Waals surface area (Å²) in [7, 11) is 1.74. The van der Waals surface area contributed by atoms with Gasteiger partial charge < -0.3 is 9.47 Å². The van der Waals surface area contributed by atoms with E-state index in [1.807, 2.05) is 4.90 Å². The number of piperazine rings is 1. The number of anilines is 1. The first-order chi connectivity index (χ1) is 12.6. The van der Waals surface area contributed by atoms with Gasteiger partial charge in [0.15, 0.2) is 5.82 Å². The van der Waals surface area contributed by atoms with E-state index < -0.39 is 0 Å². The van der Waals surface area contributed by atoms with Crippen LogP contribution in [0.3, 0.4) is 0 Å². The van der Waals surface area contributed by atoms with E-state index >= 15 is 0 Å². The summed E-state index contributed by atoms with van der Waals surface area (Å²) < 4.78 is 3.16. The quantitative estimate of drug-likeness (QED) is 0.745. The summed E-state index contributed by atoms with van der Waals surface area (Å²) in [6.07, 6.45) is 6.39. The second kappa shape index (κ2) is 7.03. The molecule has 8 nitrogen and oxygen atoms in total. The third-order valence-electron chi connectivity index (χ3n) is 5.32. The van der Waals surface area contributed by atoms with Crippen molar-refractivity contribution in [3.8, 4) is 0 Å². The van der Waals surface area contributed by atoms with Gasteiger partial charge in [0.2, 0.25) is 0 Å². The van der Waals surface area contributed by atoms with Crippen LogP contribution in [0.25, 0.3) is 0 Å². The Morgan fingerprint density at radius 1 is 1.08 bits per heavy atom. The Morgan fingerprint density at radius 3 is 2.69 bits per heavy atom. The maximum Gasteiger partial charge on any atom is 0.293 e. The monoisotopic (exact) mass is 356 g/mol. The molecule has 8 heteroatoms. The van der Waals surface area contributed by atoms with Gasteiger partial charge in [-0.2, -0.15) is 5.10 Å². The molecule has 2 aromatic heterocycles. The molecule has 0 bridgehead atoms. The van der Waals surface area contributed by atoms with Crippen molar-refractivity contribution in [1.82, 2.24) is 24.2 Å². The summed E-state index contributed by atoms with van der Waals surface area (Å²) in [4.78, 5) is 33.0. The van der Waals surface area contributed by atoms with Crippen LogP contribution in [0.1, 0.15) is 17.7 Å². The largest absolute Gasteiger partial charge is 0.349 e. The molecule has 26 heavy (non-hydrogen) atoms. The highest BCUT2D eigenvalue weighted by atomic mass is 16.1. The molecule has 2 aromatic rings. The van der Waals surface area contributed by atoms with Crippen LogP contribution < -0.4 is 16.0 Å². The van der Waals surface area contributed by atoms with Gasteiger partial charge in [-0.1, -0.05) is 0 Å². The van der Waals surface area contributed by atoms with Crippen molar-refractivity contribution in [2.75, 3.05) is 37.6 Å². The molecular weight excluding hydrogens is 332 g/mol. The zero-order valence-corrected chi connectivity index (χ0v) is 15.1. The fourth-order valence-electron chi connectivity index (χ4n) is 3.72. The highest BCUT2D eigenvalue weighted by molar-refractivity contribution is 5.36. The minimum Gasteiger partial charge on any atom is -0.349 e. The molecule has 4 rings (SSSR count). The first-order valence-electron chi connectivity index (χ1n) is 9.21. The van der Waals surface area contributed by atoms with Gasteiger partial charge in [-0.25, -0.2) is 9.67 Å². The molecule has 1 fully saturated rings. The molecule has 0 saturated carbocycles. The van der Waals surface area contributed by atoms with E-state index in [2.05, 4.69) is 15.0 Å². The molecule has 0 aromatic carbocycles. The minimum atomic E-state index is -0.0603. The summed E-state index contributed by atoms with van der Waals surface area (Å²) in [6, 6.07) is 1.75. The molecule has 0 radical (unpaired) electrons. The molecular formula is C18H24N6O2. The molecule has 1 aliphatic heterocycles. The summed E-state index contributed by atoms with van der Waals surface area (Å²) in [5.74, 6) is 0.520. The lowest BCUT2D eigenvalue weighted by atomic mass is 10.2. The lowest BCUT2D eigenvalue weighted by molar-refractivity contribution is 0.241. The van der Waals surface area contributed by atoms with Gasteiger partial charge in [0.25, 0.3) is 11.1 Å². The smallest absolute Gasteiger partial charge is 0.293 e. The Kier molecular flexibility index (Phi) is 4.58. The number of hydrogen-bond donors (Lipinski definition) is 0. The summed E-state index contributed by atoms with van der Waals surface area (Å²) in [5.41, 5.74) is 2.15. The van der Waals surface area contributed by atoms with Crippen LogP contribution in [0.4, 0.5) is 5.82 Å². The average molecular weight is 356 g/mol. The number of hydrogen-bond acceptors (Lipinski definition) is 6. The SMILES string of the molecule is Cn1ccnc(N2CCN(CCn3nc4c(cc3=O)CCC4)CC2)c1=O. The van der Waals surface area contributed by atoms with Crippen LogP contribution in [0, 0.1) is 0 Å². The van der Waals surface area contributed by atoms with Crippen molar-refractivity contribution < 1.29 is 0 Å². The zero-order valence-electron chi connectivity index (χ0n) is 15.1. The molecule has 138 valence electrons. The van der Waals surface area contributed by atoms with E-state index in [0.29, 0.717) is 12.4 Å². The normalized spacial score (nSPS) is 17.5. The molecule has 0 spiro atoms. The predicted molar refractivity (Wildman–Crippen MR) is 98.7 cm³/mol. The van der Waals surface area contributed by atoms with Crippen molar-refractivity contribution in [2.24, 2.45) is 7.05 Å². The molecule has 0 N–H and O–H groups in total. The fourth-order valence-corrected chi connectivity index (χ4v) is 3.72. The van der Waals surface area contributed by atoms with Crippen molar-refractivity contribution in [3.63, 3.8) is 0 Å². The predicted octanol–water partition coefficient (Wildman–Crippen LogP) is -0.352. The van der Waals surface area contributed by atoms with Gasteiger partial charge in [-0.05, 0) is 24.8 Å². The number of fused-ring (bicyclic) bond motifs is 1. The van der Waals surface area contributed by atoms with Crippen LogP contribution in [-0.2, 0) is 26.4 Å². The first-order valence-corrected chi connectivity index (χ1v) is 9.21. The van der Waals surface area contributed by atoms with Crippen molar-refractivity contribution in [2.45, 2.75) is 25.8 Å². The second-order valence-corrected chi connectivity index (χ2v) is 7.03. The maximum atomic E-state index is 12.2. The zero-order chi connectivity index (χ0) is 18.1. The highest BCUT2D eigenvalue weighted by Gasteiger charge is 2.21. The number of nitrogens with zero attached hydrogens (tertiary/aromatic N) is 6. The lowest BCUT2D eigenvalue weighted by Crippen LogP contribution is -2.49. The molecule has 1 aliphatic carbocycles. The molecule has 0 amide bonds.